The van der Waals surface area contributed by atoms with Gasteiger partial charge < -0.3 is 20.1 Å². The monoisotopic (exact) mass is 292 g/mol. The molecule has 0 radical (unpaired) electrons. The molecule has 21 heavy (non-hydrogen) atoms. The van der Waals surface area contributed by atoms with Crippen molar-refractivity contribution in [1.82, 2.24) is 10.2 Å². The number of methoxy groups -OCH3 is 1. The van der Waals surface area contributed by atoms with E-state index in [-0.39, 0.29) is 18.6 Å². The van der Waals surface area contributed by atoms with E-state index in [4.69, 9.17) is 4.74 Å². The van der Waals surface area contributed by atoms with Gasteiger partial charge in [0.2, 0.25) is 0 Å². The molecule has 0 aromatic heterocycles. The molecule has 1 fully saturated rings. The minimum atomic E-state index is -1.03. The predicted molar refractivity (Wildman–Crippen MR) is 77.1 cm³/mol. The van der Waals surface area contributed by atoms with E-state index >= 15 is 0 Å². The summed E-state index contributed by atoms with van der Waals surface area (Å²) in [6, 6.07) is 7.98. The van der Waals surface area contributed by atoms with Crippen LogP contribution in [-0.4, -0.2) is 54.4 Å². The maximum atomic E-state index is 12.1. The van der Waals surface area contributed by atoms with Crippen molar-refractivity contribution in [2.45, 2.75) is 25.0 Å². The lowest BCUT2D eigenvalue weighted by atomic mass is 10.1. The molecule has 1 aliphatic heterocycles. The number of benzene rings is 1. The Morgan fingerprint density at radius 1 is 1.43 bits per heavy atom. The number of urea groups is 1. The highest BCUT2D eigenvalue weighted by Crippen LogP contribution is 2.12. The van der Waals surface area contributed by atoms with Crippen LogP contribution in [-0.2, 0) is 16.0 Å². The van der Waals surface area contributed by atoms with Crippen LogP contribution in [0.15, 0.2) is 30.3 Å². The summed E-state index contributed by atoms with van der Waals surface area (Å²) in [6.07, 6.45) is 1.08. The Labute approximate surface area is 123 Å². The predicted octanol–water partition coefficient (Wildman–Crippen LogP) is 1.11. The molecular weight excluding hydrogens is 272 g/mol. The number of nitrogens with zero attached hydrogens (tertiary/aromatic N) is 1. The number of hydrogen-bond acceptors (Lipinski definition) is 3. The summed E-state index contributed by atoms with van der Waals surface area (Å²) in [5.41, 5.74) is 0.876. The maximum Gasteiger partial charge on any atom is 0.326 e. The molecule has 6 heteroatoms. The molecular formula is C15H20N2O4. The summed E-state index contributed by atoms with van der Waals surface area (Å²) < 4.78 is 5.20. The van der Waals surface area contributed by atoms with Crippen LogP contribution in [0.2, 0.25) is 0 Å². The van der Waals surface area contributed by atoms with Crippen LogP contribution < -0.4 is 5.32 Å². The van der Waals surface area contributed by atoms with Crippen LogP contribution in [0.25, 0.3) is 0 Å². The molecule has 2 rings (SSSR count). The largest absolute Gasteiger partial charge is 0.480 e. The molecule has 0 spiro atoms. The number of ether oxygens (including phenoxy) is 1. The van der Waals surface area contributed by atoms with Crippen molar-refractivity contribution in [3.8, 4) is 0 Å². The molecule has 2 N–H and O–H groups in total. The second-order valence-electron chi connectivity index (χ2n) is 5.12. The molecule has 1 unspecified atom stereocenters. The second kappa shape index (κ2) is 7.08. The third-order valence-corrected chi connectivity index (χ3v) is 3.64. The summed E-state index contributed by atoms with van der Waals surface area (Å²) >= 11 is 0. The molecule has 2 atom stereocenters. The molecule has 0 saturated carbocycles. The Kier molecular flexibility index (Phi) is 5.16. The average Bonchev–Trinajstić information content (AvgIpc) is 2.96. The van der Waals surface area contributed by atoms with Crippen LogP contribution in [0.4, 0.5) is 4.79 Å². The highest BCUT2D eigenvalue weighted by molar-refractivity contribution is 5.83. The lowest BCUT2D eigenvalue weighted by Gasteiger charge is -2.21. The lowest BCUT2D eigenvalue weighted by molar-refractivity contribution is -0.139. The number of carboxylic acid groups (broad SMARTS) is 1. The third kappa shape index (κ3) is 4.19. The first-order valence-corrected chi connectivity index (χ1v) is 6.95. The van der Waals surface area contributed by atoms with Crippen molar-refractivity contribution in [2.24, 2.45) is 0 Å². The maximum absolute atomic E-state index is 12.1. The van der Waals surface area contributed by atoms with Gasteiger partial charge in [0.1, 0.15) is 6.04 Å². The highest BCUT2D eigenvalue weighted by atomic mass is 16.5. The SMILES string of the molecule is COC1CCN(C(=O)N[C@@H](Cc2ccccc2)C(=O)O)C1. The standard InChI is InChI=1S/C15H20N2O4/c1-21-12-7-8-17(10-12)15(20)16-13(14(18)19)9-11-5-3-2-4-6-11/h2-6,12-13H,7-10H2,1H3,(H,16,20)(H,18,19)/t12?,13-/m0/s1. The zero-order valence-corrected chi connectivity index (χ0v) is 12.0. The average molecular weight is 292 g/mol. The molecule has 1 aliphatic rings. The Morgan fingerprint density at radius 2 is 2.14 bits per heavy atom. The number of rotatable bonds is 5. The van der Waals surface area contributed by atoms with Gasteiger partial charge in [-0.2, -0.15) is 0 Å². The van der Waals surface area contributed by atoms with E-state index in [2.05, 4.69) is 5.32 Å². The van der Waals surface area contributed by atoms with Gasteiger partial charge in [-0.25, -0.2) is 9.59 Å². The number of carbonyl (C=O) groups excluding carboxylic acids is 1. The van der Waals surface area contributed by atoms with Gasteiger partial charge in [-0.3, -0.25) is 0 Å². The molecule has 1 saturated heterocycles. The number of amides is 2. The summed E-state index contributed by atoms with van der Waals surface area (Å²) in [4.78, 5) is 25.0. The van der Waals surface area contributed by atoms with Gasteiger partial charge in [0, 0.05) is 26.6 Å². The van der Waals surface area contributed by atoms with E-state index in [1.165, 1.54) is 0 Å². The number of carboxylic acids is 1. The van der Waals surface area contributed by atoms with Crippen LogP contribution in [0.1, 0.15) is 12.0 Å². The number of hydrogen-bond donors (Lipinski definition) is 2. The second-order valence-corrected chi connectivity index (χ2v) is 5.12. The Balaban J connectivity index is 1.94. The minimum Gasteiger partial charge on any atom is -0.480 e. The molecule has 1 aromatic carbocycles. The molecule has 6 nitrogen and oxygen atoms in total. The van der Waals surface area contributed by atoms with E-state index in [1.807, 2.05) is 30.3 Å². The number of carbonyl (C=O) groups is 2. The fraction of sp³-hybridized carbons (Fsp3) is 0.467. The van der Waals surface area contributed by atoms with Gasteiger partial charge in [0.15, 0.2) is 0 Å². The van der Waals surface area contributed by atoms with Crippen molar-refractivity contribution in [3.63, 3.8) is 0 Å². The molecule has 1 aromatic rings. The van der Waals surface area contributed by atoms with Gasteiger partial charge in [0.05, 0.1) is 6.10 Å². The fourth-order valence-corrected chi connectivity index (χ4v) is 2.40. The first-order valence-electron chi connectivity index (χ1n) is 6.95. The van der Waals surface area contributed by atoms with Gasteiger partial charge in [-0.1, -0.05) is 30.3 Å². The van der Waals surface area contributed by atoms with Crippen molar-refractivity contribution in [3.05, 3.63) is 35.9 Å². The van der Waals surface area contributed by atoms with Crippen molar-refractivity contribution in [2.75, 3.05) is 20.2 Å². The highest BCUT2D eigenvalue weighted by Gasteiger charge is 2.29. The Morgan fingerprint density at radius 3 is 2.71 bits per heavy atom. The van der Waals surface area contributed by atoms with E-state index in [0.717, 1.165) is 12.0 Å². The van der Waals surface area contributed by atoms with E-state index in [1.54, 1.807) is 12.0 Å². The Bertz CT molecular complexity index is 492. The topological polar surface area (TPSA) is 78.9 Å². The molecule has 114 valence electrons. The van der Waals surface area contributed by atoms with Gasteiger partial charge in [0.25, 0.3) is 0 Å². The summed E-state index contributed by atoms with van der Waals surface area (Å²) in [5.74, 6) is -1.03. The summed E-state index contributed by atoms with van der Waals surface area (Å²) in [5, 5.41) is 11.8. The first kappa shape index (κ1) is 15.3. The van der Waals surface area contributed by atoms with Crippen molar-refractivity contribution < 1.29 is 19.4 Å². The van der Waals surface area contributed by atoms with Crippen LogP contribution in [0.5, 0.6) is 0 Å². The summed E-state index contributed by atoms with van der Waals surface area (Å²) in [6.45, 7) is 1.09. The normalized spacial score (nSPS) is 19.3. The third-order valence-electron chi connectivity index (χ3n) is 3.64. The first-order chi connectivity index (χ1) is 10.1. The van der Waals surface area contributed by atoms with Gasteiger partial charge in [-0.15, -0.1) is 0 Å². The van der Waals surface area contributed by atoms with Crippen LogP contribution in [0.3, 0.4) is 0 Å². The number of nitrogens with one attached hydrogen (secondary N) is 1. The quantitative estimate of drug-likeness (QED) is 0.852. The van der Waals surface area contributed by atoms with E-state index in [9.17, 15) is 14.7 Å². The smallest absolute Gasteiger partial charge is 0.326 e. The molecule has 2 amide bonds. The van der Waals surface area contributed by atoms with Crippen LogP contribution in [0, 0.1) is 0 Å². The lowest BCUT2D eigenvalue weighted by Crippen LogP contribution is -2.48. The fourth-order valence-electron chi connectivity index (χ4n) is 2.40. The number of likely N-dealkylation sites (tertiary alicyclic amines) is 1. The van der Waals surface area contributed by atoms with E-state index in [0.29, 0.717) is 13.1 Å². The summed E-state index contributed by atoms with van der Waals surface area (Å²) in [7, 11) is 1.61. The van der Waals surface area contributed by atoms with Crippen LogP contribution >= 0.6 is 0 Å². The van der Waals surface area contributed by atoms with E-state index < -0.39 is 12.0 Å². The zero-order chi connectivity index (χ0) is 15.2. The number of aliphatic carboxylic acids is 1. The van der Waals surface area contributed by atoms with Gasteiger partial charge in [-0.05, 0) is 12.0 Å². The zero-order valence-electron chi connectivity index (χ0n) is 12.0. The Hall–Kier alpha value is -2.08. The molecule has 1 heterocycles. The van der Waals surface area contributed by atoms with Gasteiger partial charge >= 0.3 is 12.0 Å². The van der Waals surface area contributed by atoms with Crippen molar-refractivity contribution >= 4 is 12.0 Å². The van der Waals surface area contributed by atoms with Crippen molar-refractivity contribution in [1.29, 1.82) is 0 Å². The molecule has 0 bridgehead atoms. The minimum absolute atomic E-state index is 0.0353. The molecule has 0 aliphatic carbocycles.